The Morgan fingerprint density at radius 1 is 1.03 bits per heavy atom. The third-order valence-corrected chi connectivity index (χ3v) is 4.58. The van der Waals surface area contributed by atoms with E-state index in [1.807, 2.05) is 0 Å². The Morgan fingerprint density at radius 2 is 1.56 bits per heavy atom. The molecule has 1 aliphatic rings. The van der Waals surface area contributed by atoms with Crippen LogP contribution in [-0.2, 0) is 22.3 Å². The van der Waals surface area contributed by atoms with Crippen molar-refractivity contribution in [1.82, 2.24) is 5.32 Å². The number of hydrogen-bond acceptors (Lipinski definition) is 5. The molecule has 4 N–H and O–H groups in total. The van der Waals surface area contributed by atoms with Gasteiger partial charge < -0.3 is 25.6 Å². The van der Waals surface area contributed by atoms with E-state index >= 15 is 0 Å². The number of amides is 1. The summed E-state index contributed by atoms with van der Waals surface area (Å²) in [7, 11) is 1.29. The van der Waals surface area contributed by atoms with Gasteiger partial charge in [0.15, 0.2) is 0 Å². The van der Waals surface area contributed by atoms with Crippen LogP contribution in [0.5, 0.6) is 17.2 Å². The highest BCUT2D eigenvalue weighted by molar-refractivity contribution is 5.88. The predicted molar refractivity (Wildman–Crippen MR) is 106 cm³/mol. The fraction of sp³-hybridized carbons (Fsp3) is 0.333. The normalized spacial score (nSPS) is 14.4. The van der Waals surface area contributed by atoms with Gasteiger partial charge >= 0.3 is 18.3 Å². The molecule has 0 heterocycles. The average molecular weight is 494 g/mol. The molecule has 13 heteroatoms. The molecule has 1 fully saturated rings. The summed E-state index contributed by atoms with van der Waals surface area (Å²) in [6.07, 6.45) is -8.31. The number of carboxylic acid groups (broad SMARTS) is 1. The summed E-state index contributed by atoms with van der Waals surface area (Å²) in [5.41, 5.74) is 4.92. The van der Waals surface area contributed by atoms with Crippen molar-refractivity contribution in [3.05, 3.63) is 53.6 Å². The maximum Gasteiger partial charge on any atom is 0.490 e. The lowest BCUT2D eigenvalue weighted by Crippen LogP contribution is -2.42. The van der Waals surface area contributed by atoms with Crippen molar-refractivity contribution in [3.63, 3.8) is 0 Å². The van der Waals surface area contributed by atoms with Crippen molar-refractivity contribution in [2.24, 2.45) is 5.73 Å². The Labute approximate surface area is 189 Å². The molecule has 0 spiro atoms. The topological polar surface area (TPSA) is 111 Å². The summed E-state index contributed by atoms with van der Waals surface area (Å²) in [5, 5.41) is 9.87. The Hall–Kier alpha value is -3.48. The van der Waals surface area contributed by atoms with Crippen molar-refractivity contribution in [2.75, 3.05) is 7.11 Å². The van der Waals surface area contributed by atoms with Crippen molar-refractivity contribution in [3.8, 4) is 17.2 Å². The molecule has 1 aliphatic carbocycles. The zero-order valence-corrected chi connectivity index (χ0v) is 17.6. The van der Waals surface area contributed by atoms with Crippen molar-refractivity contribution in [2.45, 2.75) is 37.3 Å². The number of aliphatic carboxylic acids is 1. The number of benzene rings is 2. The molecule has 1 saturated carbocycles. The zero-order chi connectivity index (χ0) is 25.7. The maximum atomic E-state index is 13.2. The molecular weight excluding hydrogens is 474 g/mol. The van der Waals surface area contributed by atoms with E-state index in [-0.39, 0.29) is 29.7 Å². The van der Waals surface area contributed by atoms with E-state index in [2.05, 4.69) is 5.32 Å². The lowest BCUT2D eigenvalue weighted by Gasteiger charge is -2.15. The van der Waals surface area contributed by atoms with Crippen LogP contribution in [0.4, 0.5) is 26.3 Å². The first-order valence-corrected chi connectivity index (χ1v) is 9.55. The second-order valence-electron chi connectivity index (χ2n) is 7.25. The molecule has 3 rings (SSSR count). The van der Waals surface area contributed by atoms with Crippen molar-refractivity contribution >= 4 is 11.9 Å². The van der Waals surface area contributed by atoms with Crippen LogP contribution in [0.15, 0.2) is 42.5 Å². The molecule has 186 valence electrons. The SMILES string of the molecule is COc1ccc(Oc2ccc(CNC(=O)C3(N)CC3)cc2)c(C(F)(F)F)c1.O=C(O)C(F)(F)F. The molecule has 2 aromatic carbocycles. The quantitative estimate of drug-likeness (QED) is 0.518. The van der Waals surface area contributed by atoms with Gasteiger partial charge in [-0.3, -0.25) is 4.79 Å². The summed E-state index contributed by atoms with van der Waals surface area (Å²) in [5.74, 6) is -2.93. The van der Waals surface area contributed by atoms with Crippen LogP contribution in [0.1, 0.15) is 24.0 Å². The maximum absolute atomic E-state index is 13.2. The molecular formula is C21H20F6N2O5. The van der Waals surface area contributed by atoms with E-state index in [0.717, 1.165) is 11.6 Å². The van der Waals surface area contributed by atoms with Gasteiger partial charge in [0.25, 0.3) is 0 Å². The lowest BCUT2D eigenvalue weighted by molar-refractivity contribution is -0.192. The standard InChI is InChI=1S/C19H19F3N2O3.C2HF3O2/c1-26-14-6-7-16(15(10-14)19(20,21)22)27-13-4-2-12(3-5-13)11-24-17(25)18(23)8-9-18;3-2(4,5)1(6)7/h2-7,10H,8-9,11,23H2,1H3,(H,24,25);(H,6,7). The van der Waals surface area contributed by atoms with Crippen LogP contribution in [0, 0.1) is 0 Å². The molecule has 0 aromatic heterocycles. The van der Waals surface area contributed by atoms with Gasteiger partial charge in [0.05, 0.1) is 12.6 Å². The van der Waals surface area contributed by atoms with E-state index < -0.39 is 29.4 Å². The zero-order valence-electron chi connectivity index (χ0n) is 17.6. The molecule has 0 atom stereocenters. The van der Waals surface area contributed by atoms with Crippen LogP contribution in [0.25, 0.3) is 0 Å². The van der Waals surface area contributed by atoms with E-state index in [9.17, 15) is 31.1 Å². The van der Waals surface area contributed by atoms with Gasteiger partial charge in [-0.1, -0.05) is 12.1 Å². The Kier molecular flexibility index (Phi) is 8.03. The number of carboxylic acids is 1. The van der Waals surface area contributed by atoms with Crippen LogP contribution in [0.3, 0.4) is 0 Å². The first kappa shape index (κ1) is 26.8. The third-order valence-electron chi connectivity index (χ3n) is 4.58. The van der Waals surface area contributed by atoms with E-state index in [4.69, 9.17) is 25.1 Å². The molecule has 0 aliphatic heterocycles. The molecule has 0 bridgehead atoms. The molecule has 7 nitrogen and oxygen atoms in total. The number of alkyl halides is 6. The van der Waals surface area contributed by atoms with Gasteiger partial charge in [-0.05, 0) is 48.7 Å². The van der Waals surface area contributed by atoms with Crippen LogP contribution in [0.2, 0.25) is 0 Å². The summed E-state index contributed by atoms with van der Waals surface area (Å²) >= 11 is 0. The van der Waals surface area contributed by atoms with Gasteiger partial charge in [0.1, 0.15) is 22.8 Å². The summed E-state index contributed by atoms with van der Waals surface area (Å²) in [6, 6.07) is 9.92. The highest BCUT2D eigenvalue weighted by atomic mass is 19.4. The Morgan fingerprint density at radius 3 is 2.00 bits per heavy atom. The first-order chi connectivity index (χ1) is 15.7. The van der Waals surface area contributed by atoms with Crippen LogP contribution >= 0.6 is 0 Å². The number of carbonyl (C=O) groups excluding carboxylic acids is 1. The average Bonchev–Trinajstić information content (AvgIpc) is 3.51. The van der Waals surface area contributed by atoms with Gasteiger partial charge in [0.2, 0.25) is 5.91 Å². The predicted octanol–water partition coefficient (Wildman–Crippen LogP) is 4.25. The van der Waals surface area contributed by atoms with Crippen molar-refractivity contribution in [1.29, 1.82) is 0 Å². The highest BCUT2D eigenvalue weighted by Gasteiger charge is 2.45. The molecule has 2 aromatic rings. The summed E-state index contributed by atoms with van der Waals surface area (Å²) in [4.78, 5) is 20.7. The first-order valence-electron chi connectivity index (χ1n) is 9.55. The van der Waals surface area contributed by atoms with Gasteiger partial charge in [-0.2, -0.15) is 26.3 Å². The minimum Gasteiger partial charge on any atom is -0.497 e. The van der Waals surface area contributed by atoms with Crippen LogP contribution in [-0.4, -0.2) is 35.8 Å². The van der Waals surface area contributed by atoms with E-state index in [1.54, 1.807) is 24.3 Å². The molecule has 1 amide bonds. The van der Waals surface area contributed by atoms with E-state index in [0.29, 0.717) is 12.8 Å². The third kappa shape index (κ3) is 7.54. The number of carbonyl (C=O) groups is 2. The number of nitrogens with one attached hydrogen (secondary N) is 1. The number of methoxy groups -OCH3 is 1. The number of hydrogen-bond donors (Lipinski definition) is 3. The molecule has 34 heavy (non-hydrogen) atoms. The minimum atomic E-state index is -5.08. The van der Waals surface area contributed by atoms with Crippen LogP contribution < -0.4 is 20.5 Å². The lowest BCUT2D eigenvalue weighted by atomic mass is 10.1. The van der Waals surface area contributed by atoms with Gasteiger partial charge in [0, 0.05) is 6.54 Å². The monoisotopic (exact) mass is 494 g/mol. The smallest absolute Gasteiger partial charge is 0.490 e. The Bertz CT molecular complexity index is 1020. The van der Waals surface area contributed by atoms with Crippen molar-refractivity contribution < 1.29 is 50.5 Å². The fourth-order valence-corrected chi connectivity index (χ4v) is 2.47. The highest BCUT2D eigenvalue weighted by Crippen LogP contribution is 2.40. The number of halogens is 6. The Balaban J connectivity index is 0.000000509. The molecule has 0 unspecified atom stereocenters. The fourth-order valence-electron chi connectivity index (χ4n) is 2.47. The van der Waals surface area contributed by atoms with Gasteiger partial charge in [-0.15, -0.1) is 0 Å². The second kappa shape index (κ2) is 10.2. The van der Waals surface area contributed by atoms with E-state index in [1.165, 1.54) is 19.2 Å². The number of rotatable bonds is 6. The molecule has 0 saturated heterocycles. The van der Waals surface area contributed by atoms with Gasteiger partial charge in [-0.25, -0.2) is 4.79 Å². The minimum absolute atomic E-state index is 0.0918. The largest absolute Gasteiger partial charge is 0.497 e. The number of ether oxygens (including phenoxy) is 2. The summed E-state index contributed by atoms with van der Waals surface area (Å²) < 4.78 is 81.6. The summed E-state index contributed by atoms with van der Waals surface area (Å²) in [6.45, 7) is 0.286. The number of nitrogens with two attached hydrogens (primary N) is 1. The second-order valence-corrected chi connectivity index (χ2v) is 7.25. The molecule has 0 radical (unpaired) electrons.